The number of anilines is 1. The Morgan fingerprint density at radius 1 is 1.50 bits per heavy atom. The fourth-order valence-corrected chi connectivity index (χ4v) is 1.63. The van der Waals surface area contributed by atoms with E-state index in [-0.39, 0.29) is 11.1 Å². The highest BCUT2D eigenvalue weighted by Gasteiger charge is 2.16. The number of hydrogen-bond donors (Lipinski definition) is 2. The van der Waals surface area contributed by atoms with E-state index in [0.717, 1.165) is 12.8 Å². The molecule has 1 aromatic heterocycles. The minimum absolute atomic E-state index is 0.0213. The summed E-state index contributed by atoms with van der Waals surface area (Å²) >= 11 is 0. The number of hydrogen-bond acceptors (Lipinski definition) is 3. The van der Waals surface area contributed by atoms with Crippen LogP contribution in [0.15, 0.2) is 18.3 Å². The smallest absolute Gasteiger partial charge is 0.337 e. The van der Waals surface area contributed by atoms with Gasteiger partial charge in [-0.2, -0.15) is 0 Å². The van der Waals surface area contributed by atoms with Crippen LogP contribution in [0.4, 0.5) is 5.82 Å². The summed E-state index contributed by atoms with van der Waals surface area (Å²) in [4.78, 5) is 14.7. The molecule has 1 aromatic rings. The van der Waals surface area contributed by atoms with Crippen LogP contribution < -0.4 is 5.32 Å². The Labute approximate surface area is 95.7 Å². The van der Waals surface area contributed by atoms with Crippen LogP contribution in [-0.4, -0.2) is 21.6 Å². The number of aromatic carboxylic acids is 1. The van der Waals surface area contributed by atoms with Gasteiger partial charge in [-0.15, -0.1) is 0 Å². The highest BCUT2D eigenvalue weighted by molar-refractivity contribution is 5.87. The molecule has 0 bridgehead atoms. The van der Waals surface area contributed by atoms with E-state index in [9.17, 15) is 4.79 Å². The molecule has 0 radical (unpaired) electrons. The summed E-state index contributed by atoms with van der Waals surface area (Å²) in [6.45, 7) is 6.33. The summed E-state index contributed by atoms with van der Waals surface area (Å²) in [5.74, 6) is -0.240. The van der Waals surface area contributed by atoms with E-state index in [1.54, 1.807) is 12.1 Å². The van der Waals surface area contributed by atoms with E-state index in [2.05, 4.69) is 31.1 Å². The molecule has 0 spiro atoms. The van der Waals surface area contributed by atoms with Gasteiger partial charge in [0.1, 0.15) is 5.82 Å². The molecule has 0 saturated heterocycles. The molecule has 0 aliphatic carbocycles. The van der Waals surface area contributed by atoms with Gasteiger partial charge in [0.15, 0.2) is 0 Å². The van der Waals surface area contributed by atoms with Crippen molar-refractivity contribution in [3.05, 3.63) is 23.9 Å². The average Bonchev–Trinajstić information content (AvgIpc) is 2.17. The van der Waals surface area contributed by atoms with Crippen LogP contribution in [0, 0.1) is 0 Å². The van der Waals surface area contributed by atoms with Gasteiger partial charge in [-0.05, 0) is 32.4 Å². The summed E-state index contributed by atoms with van der Waals surface area (Å²) in [5, 5.41) is 12.0. The predicted octanol–water partition coefficient (Wildman–Crippen LogP) is 2.77. The zero-order chi connectivity index (χ0) is 12.2. The molecule has 0 fully saturated rings. The van der Waals surface area contributed by atoms with Crippen molar-refractivity contribution in [3.63, 3.8) is 0 Å². The summed E-state index contributed by atoms with van der Waals surface area (Å²) in [5.41, 5.74) is 0.186. The topological polar surface area (TPSA) is 62.2 Å². The Hall–Kier alpha value is -1.58. The standard InChI is InChI=1S/C12H18N2O2/c1-4-7-12(2,3)14-10-6-5-9(8-13-10)11(15)16/h5-6,8H,4,7H2,1-3H3,(H,13,14)(H,15,16). The third kappa shape index (κ3) is 3.53. The number of nitrogens with one attached hydrogen (secondary N) is 1. The number of pyridine rings is 1. The molecule has 0 saturated carbocycles. The van der Waals surface area contributed by atoms with Crippen molar-refractivity contribution in [2.75, 3.05) is 5.32 Å². The Balaban J connectivity index is 2.72. The number of carboxylic acids is 1. The van der Waals surface area contributed by atoms with Crippen molar-refractivity contribution >= 4 is 11.8 Å². The van der Waals surface area contributed by atoms with Gasteiger partial charge in [-0.25, -0.2) is 9.78 Å². The van der Waals surface area contributed by atoms with Crippen molar-refractivity contribution in [2.45, 2.75) is 39.2 Å². The van der Waals surface area contributed by atoms with E-state index in [0.29, 0.717) is 5.82 Å². The number of rotatable bonds is 5. The first-order chi connectivity index (χ1) is 7.44. The molecule has 2 N–H and O–H groups in total. The largest absolute Gasteiger partial charge is 0.478 e. The van der Waals surface area contributed by atoms with Crippen molar-refractivity contribution in [1.82, 2.24) is 4.98 Å². The van der Waals surface area contributed by atoms with Gasteiger partial charge in [0.2, 0.25) is 0 Å². The minimum atomic E-state index is -0.952. The van der Waals surface area contributed by atoms with Crippen molar-refractivity contribution < 1.29 is 9.90 Å². The first kappa shape index (κ1) is 12.5. The van der Waals surface area contributed by atoms with Crippen molar-refractivity contribution in [3.8, 4) is 0 Å². The van der Waals surface area contributed by atoms with Gasteiger partial charge in [-0.1, -0.05) is 13.3 Å². The summed E-state index contributed by atoms with van der Waals surface area (Å²) < 4.78 is 0. The van der Waals surface area contributed by atoms with Crippen LogP contribution in [-0.2, 0) is 0 Å². The molecular formula is C12H18N2O2. The molecule has 1 rings (SSSR count). The lowest BCUT2D eigenvalue weighted by molar-refractivity contribution is 0.0696. The van der Waals surface area contributed by atoms with E-state index in [4.69, 9.17) is 5.11 Å². The Morgan fingerprint density at radius 2 is 2.19 bits per heavy atom. The fourth-order valence-electron chi connectivity index (χ4n) is 1.63. The highest BCUT2D eigenvalue weighted by Crippen LogP contribution is 2.17. The molecule has 4 heteroatoms. The summed E-state index contributed by atoms with van der Waals surface area (Å²) in [7, 11) is 0. The third-order valence-electron chi connectivity index (χ3n) is 2.35. The number of carbonyl (C=O) groups is 1. The highest BCUT2D eigenvalue weighted by atomic mass is 16.4. The monoisotopic (exact) mass is 222 g/mol. The maximum atomic E-state index is 10.6. The molecule has 0 aromatic carbocycles. The van der Waals surface area contributed by atoms with Crippen molar-refractivity contribution in [2.24, 2.45) is 0 Å². The Bertz CT molecular complexity index is 358. The predicted molar refractivity (Wildman–Crippen MR) is 63.8 cm³/mol. The Kier molecular flexibility index (Phi) is 3.88. The molecule has 4 nitrogen and oxygen atoms in total. The maximum Gasteiger partial charge on any atom is 0.337 e. The maximum absolute atomic E-state index is 10.6. The summed E-state index contributed by atoms with van der Waals surface area (Å²) in [6.07, 6.45) is 3.50. The normalized spacial score (nSPS) is 11.2. The number of nitrogens with zero attached hydrogens (tertiary/aromatic N) is 1. The van der Waals surface area contributed by atoms with E-state index < -0.39 is 5.97 Å². The Morgan fingerprint density at radius 3 is 2.62 bits per heavy atom. The second-order valence-electron chi connectivity index (χ2n) is 4.50. The molecule has 1 heterocycles. The summed E-state index contributed by atoms with van der Waals surface area (Å²) in [6, 6.07) is 3.25. The minimum Gasteiger partial charge on any atom is -0.478 e. The van der Waals surface area contributed by atoms with E-state index >= 15 is 0 Å². The average molecular weight is 222 g/mol. The van der Waals surface area contributed by atoms with Gasteiger partial charge >= 0.3 is 5.97 Å². The van der Waals surface area contributed by atoms with Crippen LogP contribution in [0.3, 0.4) is 0 Å². The van der Waals surface area contributed by atoms with Gasteiger partial charge in [0.25, 0.3) is 0 Å². The number of aromatic nitrogens is 1. The van der Waals surface area contributed by atoms with Crippen molar-refractivity contribution in [1.29, 1.82) is 0 Å². The second kappa shape index (κ2) is 4.96. The van der Waals surface area contributed by atoms with Gasteiger partial charge in [0.05, 0.1) is 5.56 Å². The second-order valence-corrected chi connectivity index (χ2v) is 4.50. The molecule has 0 aliphatic rings. The first-order valence-electron chi connectivity index (χ1n) is 5.42. The molecular weight excluding hydrogens is 204 g/mol. The molecule has 88 valence electrons. The van der Waals surface area contributed by atoms with E-state index in [1.165, 1.54) is 6.20 Å². The van der Waals surface area contributed by atoms with Crippen LogP contribution in [0.25, 0.3) is 0 Å². The van der Waals surface area contributed by atoms with Gasteiger partial charge in [-0.3, -0.25) is 0 Å². The zero-order valence-corrected chi connectivity index (χ0v) is 9.95. The lowest BCUT2D eigenvalue weighted by Crippen LogP contribution is -2.30. The van der Waals surface area contributed by atoms with E-state index in [1.807, 2.05) is 0 Å². The van der Waals surface area contributed by atoms with Gasteiger partial charge in [0, 0.05) is 11.7 Å². The molecule has 0 aliphatic heterocycles. The van der Waals surface area contributed by atoms with Crippen LogP contribution in [0.1, 0.15) is 44.0 Å². The molecule has 0 atom stereocenters. The lowest BCUT2D eigenvalue weighted by atomic mass is 9.99. The van der Waals surface area contributed by atoms with Crippen LogP contribution in [0.5, 0.6) is 0 Å². The molecule has 16 heavy (non-hydrogen) atoms. The molecule has 0 unspecified atom stereocenters. The SMILES string of the molecule is CCCC(C)(C)Nc1ccc(C(=O)O)cn1. The first-order valence-corrected chi connectivity index (χ1v) is 5.42. The quantitative estimate of drug-likeness (QED) is 0.804. The van der Waals surface area contributed by atoms with Crippen LogP contribution >= 0.6 is 0 Å². The third-order valence-corrected chi connectivity index (χ3v) is 2.35. The van der Waals surface area contributed by atoms with Gasteiger partial charge < -0.3 is 10.4 Å². The lowest BCUT2D eigenvalue weighted by Gasteiger charge is -2.26. The van der Waals surface area contributed by atoms with Crippen LogP contribution in [0.2, 0.25) is 0 Å². The molecule has 0 amide bonds. The number of carboxylic acid groups (broad SMARTS) is 1. The zero-order valence-electron chi connectivity index (χ0n) is 9.95. The fraction of sp³-hybridized carbons (Fsp3) is 0.500.